The number of carbonyl (C=O) groups is 1. The van der Waals surface area contributed by atoms with Crippen molar-refractivity contribution in [3.8, 4) is 5.69 Å². The second-order valence-electron chi connectivity index (χ2n) is 8.61. The number of anilines is 1. The highest BCUT2D eigenvalue weighted by atomic mass is 19.4. The first kappa shape index (κ1) is 23.8. The molecule has 2 heterocycles. The molecule has 1 fully saturated rings. The van der Waals surface area contributed by atoms with Gasteiger partial charge in [0.05, 0.1) is 17.9 Å². The Bertz CT molecular complexity index is 1100. The summed E-state index contributed by atoms with van der Waals surface area (Å²) in [4.78, 5) is 12.6. The highest BCUT2D eigenvalue weighted by molar-refractivity contribution is 5.88. The van der Waals surface area contributed by atoms with Crippen molar-refractivity contribution in [1.82, 2.24) is 14.7 Å². The van der Waals surface area contributed by atoms with Crippen LogP contribution in [0.3, 0.4) is 0 Å². The van der Waals surface area contributed by atoms with Crippen LogP contribution in [0.5, 0.6) is 0 Å². The lowest BCUT2D eigenvalue weighted by Crippen LogP contribution is -2.32. The van der Waals surface area contributed by atoms with E-state index < -0.39 is 18.8 Å². The normalized spacial score (nSPS) is 17.7. The Hall–Kier alpha value is -3.33. The molecule has 0 saturated carbocycles. The minimum absolute atomic E-state index is 0.253. The summed E-state index contributed by atoms with van der Waals surface area (Å²) in [5.74, 6) is 0.963. The average Bonchev–Trinajstić information content (AvgIpc) is 3.52. The highest BCUT2D eigenvalue weighted by Crippen LogP contribution is 2.31. The number of hydrogen-bond donors (Lipinski definition) is 2. The first-order valence-electron chi connectivity index (χ1n) is 11.4. The molecule has 0 bridgehead atoms. The largest absolute Gasteiger partial charge is 0.401 e. The van der Waals surface area contributed by atoms with E-state index in [1.54, 1.807) is 4.68 Å². The number of halogens is 3. The fourth-order valence-electron chi connectivity index (χ4n) is 4.62. The van der Waals surface area contributed by atoms with Gasteiger partial charge in [0.15, 0.2) is 0 Å². The lowest BCUT2D eigenvalue weighted by atomic mass is 9.99. The minimum atomic E-state index is -4.08. The fraction of sp³-hybridized carbons (Fsp3) is 0.360. The lowest BCUT2D eigenvalue weighted by Gasteiger charge is -2.17. The molecule has 6 nitrogen and oxygen atoms in total. The maximum absolute atomic E-state index is 12.2. The summed E-state index contributed by atoms with van der Waals surface area (Å²) >= 11 is 0. The van der Waals surface area contributed by atoms with Crippen molar-refractivity contribution in [3.05, 3.63) is 77.5 Å². The van der Waals surface area contributed by atoms with Gasteiger partial charge in [-0.3, -0.25) is 10.2 Å². The summed E-state index contributed by atoms with van der Waals surface area (Å²) in [6.45, 7) is 0.277. The summed E-state index contributed by atoms with van der Waals surface area (Å²) in [6.07, 6.45) is -0.271. The van der Waals surface area contributed by atoms with Crippen molar-refractivity contribution in [2.75, 3.05) is 25.0 Å². The number of urea groups is 1. The van der Waals surface area contributed by atoms with E-state index >= 15 is 0 Å². The Morgan fingerprint density at radius 1 is 1.06 bits per heavy atom. The molecule has 180 valence electrons. The van der Waals surface area contributed by atoms with E-state index in [0.717, 1.165) is 48.2 Å². The van der Waals surface area contributed by atoms with E-state index in [4.69, 9.17) is 5.73 Å². The van der Waals surface area contributed by atoms with Crippen molar-refractivity contribution in [2.45, 2.75) is 37.8 Å². The maximum atomic E-state index is 12.2. The molecule has 3 aromatic rings. The zero-order valence-electron chi connectivity index (χ0n) is 18.8. The molecule has 1 aromatic heterocycles. The van der Waals surface area contributed by atoms with E-state index in [-0.39, 0.29) is 5.92 Å². The Balaban J connectivity index is 0.000000162. The van der Waals surface area contributed by atoms with Crippen LogP contribution in [-0.2, 0) is 12.8 Å². The molecule has 1 unspecified atom stereocenters. The Morgan fingerprint density at radius 2 is 1.74 bits per heavy atom. The van der Waals surface area contributed by atoms with Crippen molar-refractivity contribution in [1.29, 1.82) is 0 Å². The third kappa shape index (κ3) is 5.96. The second kappa shape index (κ2) is 10.3. The number of nitrogens with one attached hydrogen (secondary N) is 1. The van der Waals surface area contributed by atoms with Crippen LogP contribution in [-0.4, -0.2) is 46.5 Å². The molecule has 1 aliphatic heterocycles. The van der Waals surface area contributed by atoms with Crippen LogP contribution < -0.4 is 11.1 Å². The van der Waals surface area contributed by atoms with E-state index in [1.807, 2.05) is 60.7 Å². The molecule has 2 aromatic carbocycles. The highest BCUT2D eigenvalue weighted by Gasteiger charge is 2.34. The number of fused-ring (bicyclic) bond motifs is 1. The third-order valence-electron chi connectivity index (χ3n) is 6.10. The average molecular weight is 472 g/mol. The quantitative estimate of drug-likeness (QED) is 0.569. The van der Waals surface area contributed by atoms with Crippen molar-refractivity contribution in [3.63, 3.8) is 0 Å². The standard InChI is InChI=1S/C13H14N4O.C12H14F3N/c14-13(18)15-12-10-7-4-8-11(10)16-17(12)9-5-2-1-3-6-9;13-12(14,15)9-16-7-6-11(8-16)10-4-2-1-3-5-10/h1-3,5-6H,4,7-8H2,(H3,14,15,18);1-5,11H,6-9H2. The number of amides is 2. The topological polar surface area (TPSA) is 76.2 Å². The number of primary amides is 1. The van der Waals surface area contributed by atoms with Gasteiger partial charge in [-0.1, -0.05) is 48.5 Å². The zero-order chi connectivity index (χ0) is 24.1. The molecule has 0 radical (unpaired) electrons. The smallest absolute Gasteiger partial charge is 0.351 e. The Kier molecular flexibility index (Phi) is 7.21. The van der Waals surface area contributed by atoms with Gasteiger partial charge >= 0.3 is 12.2 Å². The van der Waals surface area contributed by atoms with E-state index in [9.17, 15) is 18.0 Å². The molecule has 3 N–H and O–H groups in total. The number of alkyl halides is 3. The van der Waals surface area contributed by atoms with Gasteiger partial charge in [-0.2, -0.15) is 18.3 Å². The molecule has 1 atom stereocenters. The summed E-state index contributed by atoms with van der Waals surface area (Å²) in [5, 5.41) is 7.25. The van der Waals surface area contributed by atoms with Gasteiger partial charge in [-0.25, -0.2) is 9.48 Å². The SMILES string of the molecule is FC(F)(F)CN1CCC(c2ccccc2)C1.NC(=O)Nc1c2c(nn1-c1ccccc1)CCC2. The Morgan fingerprint density at radius 3 is 2.38 bits per heavy atom. The number of para-hydroxylation sites is 1. The number of rotatable bonds is 4. The fourth-order valence-corrected chi connectivity index (χ4v) is 4.62. The van der Waals surface area contributed by atoms with Gasteiger partial charge in [0.1, 0.15) is 5.82 Å². The molecule has 0 spiro atoms. The number of hydrogen-bond acceptors (Lipinski definition) is 3. The van der Waals surface area contributed by atoms with Crippen LogP contribution in [0, 0.1) is 0 Å². The van der Waals surface area contributed by atoms with Gasteiger partial charge < -0.3 is 5.73 Å². The predicted octanol–water partition coefficient (Wildman–Crippen LogP) is 4.89. The van der Waals surface area contributed by atoms with Crippen molar-refractivity contribution < 1.29 is 18.0 Å². The summed E-state index contributed by atoms with van der Waals surface area (Å²) < 4.78 is 38.3. The second-order valence-corrected chi connectivity index (χ2v) is 8.61. The third-order valence-corrected chi connectivity index (χ3v) is 6.10. The van der Waals surface area contributed by atoms with Crippen LogP contribution in [0.1, 0.15) is 35.6 Å². The first-order chi connectivity index (χ1) is 16.3. The van der Waals surface area contributed by atoms with Gasteiger partial charge in [0, 0.05) is 12.1 Å². The van der Waals surface area contributed by atoms with Crippen LogP contribution in [0.25, 0.3) is 5.69 Å². The van der Waals surface area contributed by atoms with E-state index in [0.29, 0.717) is 18.9 Å². The minimum Gasteiger partial charge on any atom is -0.351 e. The number of aromatic nitrogens is 2. The van der Waals surface area contributed by atoms with Crippen LogP contribution in [0.2, 0.25) is 0 Å². The molecule has 2 amide bonds. The van der Waals surface area contributed by atoms with E-state index in [2.05, 4.69) is 10.4 Å². The first-order valence-corrected chi connectivity index (χ1v) is 11.4. The molecule has 1 aliphatic carbocycles. The molecule has 34 heavy (non-hydrogen) atoms. The van der Waals surface area contributed by atoms with E-state index in [1.165, 1.54) is 4.90 Å². The molecular weight excluding hydrogens is 443 g/mol. The van der Waals surface area contributed by atoms with Crippen LogP contribution in [0.4, 0.5) is 23.8 Å². The number of aryl methyl sites for hydroxylation is 1. The number of nitrogens with zero attached hydrogens (tertiary/aromatic N) is 3. The Labute approximate surface area is 196 Å². The number of nitrogens with two attached hydrogens (primary N) is 1. The van der Waals surface area contributed by atoms with Gasteiger partial charge in [-0.05, 0) is 55.8 Å². The predicted molar refractivity (Wildman–Crippen MR) is 125 cm³/mol. The molecule has 1 saturated heterocycles. The molecule has 5 rings (SSSR count). The van der Waals surface area contributed by atoms with Crippen molar-refractivity contribution in [2.24, 2.45) is 5.73 Å². The lowest BCUT2D eigenvalue weighted by molar-refractivity contribution is -0.143. The molecule has 2 aliphatic rings. The van der Waals surface area contributed by atoms with Gasteiger partial charge in [0.2, 0.25) is 0 Å². The number of benzene rings is 2. The number of carbonyl (C=O) groups excluding carboxylic acids is 1. The molecule has 9 heteroatoms. The monoisotopic (exact) mass is 471 g/mol. The molecular formula is C25H28F3N5O. The summed E-state index contributed by atoms with van der Waals surface area (Å²) in [6, 6.07) is 18.9. The summed E-state index contributed by atoms with van der Waals surface area (Å²) in [7, 11) is 0. The van der Waals surface area contributed by atoms with Crippen LogP contribution in [0.15, 0.2) is 60.7 Å². The van der Waals surface area contributed by atoms with Crippen LogP contribution >= 0.6 is 0 Å². The maximum Gasteiger partial charge on any atom is 0.401 e. The van der Waals surface area contributed by atoms with Gasteiger partial charge in [-0.15, -0.1) is 0 Å². The summed E-state index contributed by atoms with van der Waals surface area (Å²) in [5.41, 5.74) is 9.47. The van der Waals surface area contributed by atoms with Crippen molar-refractivity contribution >= 4 is 11.8 Å². The number of likely N-dealkylation sites (tertiary alicyclic amines) is 1. The van der Waals surface area contributed by atoms with Gasteiger partial charge in [0.25, 0.3) is 0 Å². The zero-order valence-corrected chi connectivity index (χ0v) is 18.8.